The molecule has 3 aliphatic heterocycles. The first-order valence-electron chi connectivity index (χ1n) is 10.1. The van der Waals surface area contributed by atoms with Gasteiger partial charge in [0.25, 0.3) is 0 Å². The van der Waals surface area contributed by atoms with Crippen molar-refractivity contribution in [3.63, 3.8) is 0 Å². The maximum atomic E-state index is 9.53. The predicted molar refractivity (Wildman–Crippen MR) is 109 cm³/mol. The van der Waals surface area contributed by atoms with Gasteiger partial charge in [0.2, 0.25) is 12.0 Å². The summed E-state index contributed by atoms with van der Waals surface area (Å²) >= 11 is 0. The molecule has 2 atom stereocenters. The molecule has 4 rings (SSSR count). The van der Waals surface area contributed by atoms with E-state index in [2.05, 4.69) is 35.7 Å². The number of fused-ring (bicyclic) bond motifs is 5. The van der Waals surface area contributed by atoms with Crippen LogP contribution in [0.15, 0.2) is 15.0 Å². The first kappa shape index (κ1) is 19.2. The molecule has 0 aliphatic carbocycles. The van der Waals surface area contributed by atoms with Gasteiger partial charge in [-0.15, -0.1) is 0 Å². The normalized spacial score (nSPS) is 24.2. The second kappa shape index (κ2) is 7.37. The number of rotatable bonds is 5. The molecule has 0 amide bonds. The number of aliphatic imine (C=N–C) groups is 3. The molecule has 0 fully saturated rings. The van der Waals surface area contributed by atoms with Gasteiger partial charge in [0.1, 0.15) is 12.1 Å². The lowest BCUT2D eigenvalue weighted by Gasteiger charge is -2.33. The predicted octanol–water partition coefficient (Wildman–Crippen LogP) is 2.65. The number of aliphatic hydroxyl groups excluding tert-OH is 1. The summed E-state index contributed by atoms with van der Waals surface area (Å²) in [6.45, 7) is 8.92. The minimum Gasteiger partial charge on any atom is -0.459 e. The van der Waals surface area contributed by atoms with Gasteiger partial charge in [-0.05, 0) is 32.3 Å². The summed E-state index contributed by atoms with van der Waals surface area (Å²) in [6, 6.07) is -0.191. The van der Waals surface area contributed by atoms with Crippen LogP contribution in [0.3, 0.4) is 0 Å². The van der Waals surface area contributed by atoms with Crippen molar-refractivity contribution in [3.05, 3.63) is 22.4 Å². The Morgan fingerprint density at radius 2 is 2.14 bits per heavy atom. The van der Waals surface area contributed by atoms with Crippen LogP contribution in [-0.4, -0.2) is 52.3 Å². The average molecular weight is 384 g/mol. The van der Waals surface area contributed by atoms with E-state index in [0.29, 0.717) is 18.3 Å². The lowest BCUT2D eigenvalue weighted by Crippen LogP contribution is -2.36. The summed E-state index contributed by atoms with van der Waals surface area (Å²) in [5, 5.41) is 9.53. The number of hydrogen-bond acceptors (Lipinski definition) is 6. The lowest BCUT2D eigenvalue weighted by molar-refractivity contribution is -0.0407. The van der Waals surface area contributed by atoms with Crippen molar-refractivity contribution < 1.29 is 14.6 Å². The molecule has 1 N–H and O–H groups in total. The monoisotopic (exact) mass is 384 g/mol. The average Bonchev–Trinajstić information content (AvgIpc) is 3.04. The second-order valence-corrected chi connectivity index (χ2v) is 8.16. The van der Waals surface area contributed by atoms with Crippen molar-refractivity contribution >= 4 is 17.9 Å². The molecule has 0 aromatic carbocycles. The largest absolute Gasteiger partial charge is 0.459 e. The van der Waals surface area contributed by atoms with E-state index in [4.69, 9.17) is 14.5 Å². The smallest absolute Gasteiger partial charge is 0.224 e. The molecule has 4 heterocycles. The molecule has 0 saturated carbocycles. The van der Waals surface area contributed by atoms with Gasteiger partial charge in [0, 0.05) is 12.0 Å². The fraction of sp³-hybridized carbons (Fsp3) is 0.619. The molecule has 150 valence electrons. The van der Waals surface area contributed by atoms with Crippen LogP contribution in [0.25, 0.3) is 0 Å². The maximum Gasteiger partial charge on any atom is 0.224 e. The van der Waals surface area contributed by atoms with Crippen LogP contribution < -0.4 is 4.74 Å². The quantitative estimate of drug-likeness (QED) is 0.845. The molecule has 7 nitrogen and oxygen atoms in total. The van der Waals surface area contributed by atoms with Crippen LogP contribution in [0, 0.1) is 0 Å². The molecule has 1 aromatic heterocycles. The van der Waals surface area contributed by atoms with Crippen molar-refractivity contribution in [1.29, 1.82) is 0 Å². The number of nitrogens with zero attached hydrogens (tertiary/aromatic N) is 4. The van der Waals surface area contributed by atoms with Gasteiger partial charge in [-0.25, -0.2) is 15.0 Å². The topological polar surface area (TPSA) is 88.7 Å². The van der Waals surface area contributed by atoms with E-state index in [9.17, 15) is 5.11 Å². The number of aliphatic hydroxyl groups is 1. The minimum absolute atomic E-state index is 0.0124. The van der Waals surface area contributed by atoms with Crippen LogP contribution in [0.1, 0.15) is 62.9 Å². The van der Waals surface area contributed by atoms with E-state index < -0.39 is 6.10 Å². The second-order valence-electron chi connectivity index (χ2n) is 8.16. The van der Waals surface area contributed by atoms with Crippen LogP contribution in [-0.2, 0) is 24.2 Å². The highest BCUT2D eigenvalue weighted by Gasteiger charge is 2.42. The van der Waals surface area contributed by atoms with E-state index in [1.807, 2.05) is 6.92 Å². The Kier molecular flexibility index (Phi) is 5.05. The van der Waals surface area contributed by atoms with Crippen LogP contribution in [0.4, 0.5) is 0 Å². The van der Waals surface area contributed by atoms with Crippen LogP contribution >= 0.6 is 0 Å². The number of hydrogen-bond donors (Lipinski definition) is 1. The molecular weight excluding hydrogens is 356 g/mol. The number of pyridine rings is 1. The van der Waals surface area contributed by atoms with Gasteiger partial charge in [-0.1, -0.05) is 20.3 Å². The van der Waals surface area contributed by atoms with Crippen molar-refractivity contribution in [3.8, 4) is 5.88 Å². The Morgan fingerprint density at radius 1 is 1.32 bits per heavy atom. The molecule has 7 heteroatoms. The minimum atomic E-state index is -0.458. The zero-order valence-electron chi connectivity index (χ0n) is 17.0. The first-order valence-corrected chi connectivity index (χ1v) is 10.1. The molecule has 2 unspecified atom stereocenters. The van der Waals surface area contributed by atoms with Crippen molar-refractivity contribution in [2.45, 2.75) is 77.7 Å². The number of amidine groups is 1. The first-order chi connectivity index (χ1) is 13.5. The zero-order chi connectivity index (χ0) is 19.9. The molecule has 0 spiro atoms. The molecular formula is C21H28N4O3. The number of aromatic nitrogens is 1. The zero-order valence-corrected chi connectivity index (χ0v) is 17.0. The van der Waals surface area contributed by atoms with Crippen molar-refractivity contribution in [2.75, 3.05) is 6.61 Å². The summed E-state index contributed by atoms with van der Waals surface area (Å²) in [4.78, 5) is 18.3. The van der Waals surface area contributed by atoms with Gasteiger partial charge in [0.05, 0.1) is 36.1 Å². The fourth-order valence-electron chi connectivity index (χ4n) is 3.98. The van der Waals surface area contributed by atoms with Gasteiger partial charge in [-0.2, -0.15) is 0 Å². The van der Waals surface area contributed by atoms with E-state index in [1.165, 1.54) is 17.5 Å². The Labute approximate surface area is 165 Å². The SMILES string of the molecule is CCCc1nc2c(c3c1COC(C)(C)C3)C1=NC=NC(=NC(CC)CO)C1O2. The molecule has 0 bridgehead atoms. The highest BCUT2D eigenvalue weighted by Crippen LogP contribution is 2.40. The fourth-order valence-corrected chi connectivity index (χ4v) is 3.98. The van der Waals surface area contributed by atoms with Crippen LogP contribution in [0.5, 0.6) is 5.88 Å². The highest BCUT2D eigenvalue weighted by molar-refractivity contribution is 6.25. The Balaban J connectivity index is 1.81. The Hall–Kier alpha value is -2.12. The molecule has 0 radical (unpaired) electrons. The standard InChI is InChI=1S/C21H28N4O3/c1-5-7-15-14-10-27-21(3,4)8-13(14)16-17-18(28-20(16)25-15)19(23-11-22-17)24-12(6-2)9-26/h11-12,18,26H,5-10H2,1-4H3. The van der Waals surface area contributed by atoms with E-state index in [-0.39, 0.29) is 18.2 Å². The third-order valence-corrected chi connectivity index (χ3v) is 5.51. The van der Waals surface area contributed by atoms with Crippen LogP contribution in [0.2, 0.25) is 0 Å². The maximum absolute atomic E-state index is 9.53. The van der Waals surface area contributed by atoms with Crippen molar-refractivity contribution in [1.82, 2.24) is 4.98 Å². The van der Waals surface area contributed by atoms with Gasteiger partial charge in [0.15, 0.2) is 5.84 Å². The van der Waals surface area contributed by atoms with E-state index in [1.54, 1.807) is 0 Å². The van der Waals surface area contributed by atoms with Gasteiger partial charge in [-0.3, -0.25) is 4.99 Å². The summed E-state index contributed by atoms with van der Waals surface area (Å²) in [5.41, 5.74) is 5.01. The Morgan fingerprint density at radius 3 is 2.86 bits per heavy atom. The third kappa shape index (κ3) is 3.26. The number of ether oxygens (including phenoxy) is 2. The third-order valence-electron chi connectivity index (χ3n) is 5.51. The van der Waals surface area contributed by atoms with Gasteiger partial charge < -0.3 is 14.6 Å². The molecule has 3 aliphatic rings. The van der Waals surface area contributed by atoms with E-state index >= 15 is 0 Å². The molecule has 0 saturated heterocycles. The summed E-state index contributed by atoms with van der Waals surface area (Å²) < 4.78 is 12.3. The van der Waals surface area contributed by atoms with Gasteiger partial charge >= 0.3 is 0 Å². The molecule has 28 heavy (non-hydrogen) atoms. The van der Waals surface area contributed by atoms with E-state index in [0.717, 1.165) is 42.7 Å². The summed E-state index contributed by atoms with van der Waals surface area (Å²) in [5.74, 6) is 1.18. The summed E-state index contributed by atoms with van der Waals surface area (Å²) in [6.07, 6.45) is 4.50. The Bertz CT molecular complexity index is 869. The molecule has 1 aromatic rings. The van der Waals surface area contributed by atoms with Crippen molar-refractivity contribution in [2.24, 2.45) is 15.0 Å². The number of aryl methyl sites for hydroxylation is 1. The lowest BCUT2D eigenvalue weighted by atomic mass is 9.85. The summed E-state index contributed by atoms with van der Waals surface area (Å²) in [7, 11) is 0. The highest BCUT2D eigenvalue weighted by atomic mass is 16.5.